The van der Waals surface area contributed by atoms with E-state index >= 15 is 0 Å². The Kier molecular flexibility index (Phi) is 8.05. The Hall–Kier alpha value is -4.26. The average molecular weight is 516 g/mol. The van der Waals surface area contributed by atoms with Crippen molar-refractivity contribution in [3.63, 3.8) is 0 Å². The summed E-state index contributed by atoms with van der Waals surface area (Å²) >= 11 is 0. The second-order valence-corrected chi connectivity index (χ2v) is 9.39. The molecule has 0 aliphatic carbocycles. The summed E-state index contributed by atoms with van der Waals surface area (Å²) in [5.74, 6) is 0.315. The van der Waals surface area contributed by atoms with E-state index in [4.69, 9.17) is 14.2 Å². The van der Waals surface area contributed by atoms with Crippen molar-refractivity contribution in [3.8, 4) is 17.2 Å². The van der Waals surface area contributed by atoms with Crippen LogP contribution in [0.2, 0.25) is 0 Å². The van der Waals surface area contributed by atoms with Crippen LogP contribution >= 0.6 is 0 Å². The minimum Gasteiger partial charge on any atom is -0.507 e. The number of nitrogens with zero attached hydrogens (tertiary/aromatic N) is 1. The second-order valence-electron chi connectivity index (χ2n) is 9.39. The summed E-state index contributed by atoms with van der Waals surface area (Å²) in [6.45, 7) is 8.29. The van der Waals surface area contributed by atoms with Crippen LogP contribution in [0.1, 0.15) is 49.1 Å². The number of aryl methyl sites for hydroxylation is 1. The molecule has 1 amide bonds. The number of rotatable bonds is 9. The molecule has 1 fully saturated rings. The third-order valence-corrected chi connectivity index (χ3v) is 6.39. The fourth-order valence-electron chi connectivity index (χ4n) is 4.66. The first-order valence-corrected chi connectivity index (χ1v) is 12.7. The van der Waals surface area contributed by atoms with Crippen molar-refractivity contribution in [1.82, 2.24) is 4.90 Å². The standard InChI is InChI=1S/C31H33NO6/c1-6-37-24-14-11-21(12-15-24)28-27(29(33)22-13-16-25(20(4)17-22)38-19(2)3)30(34)31(35)32(28)18-23-9-7-8-10-26(23)36-5/h7-17,19,28,33H,6,18H2,1-5H3/b29-27-. The van der Waals surface area contributed by atoms with Gasteiger partial charge in [-0.1, -0.05) is 30.3 Å². The second kappa shape index (κ2) is 11.4. The highest BCUT2D eigenvalue weighted by molar-refractivity contribution is 6.46. The number of Topliss-reactive ketones (excluding diaryl/α,β-unsaturated/α-hetero) is 1. The van der Waals surface area contributed by atoms with Crippen molar-refractivity contribution in [2.45, 2.75) is 46.4 Å². The molecule has 38 heavy (non-hydrogen) atoms. The Labute approximate surface area is 223 Å². The van der Waals surface area contributed by atoms with Crippen LogP contribution in [-0.2, 0) is 16.1 Å². The molecule has 1 aliphatic rings. The van der Waals surface area contributed by atoms with E-state index in [1.807, 2.05) is 58.0 Å². The van der Waals surface area contributed by atoms with Gasteiger partial charge in [0, 0.05) is 11.1 Å². The van der Waals surface area contributed by atoms with E-state index in [-0.39, 0.29) is 24.0 Å². The summed E-state index contributed by atoms with van der Waals surface area (Å²) in [7, 11) is 1.56. The van der Waals surface area contributed by atoms with Crippen LogP contribution in [0.15, 0.2) is 72.3 Å². The van der Waals surface area contributed by atoms with Gasteiger partial charge in [0.15, 0.2) is 0 Å². The first-order chi connectivity index (χ1) is 18.2. The van der Waals surface area contributed by atoms with E-state index in [9.17, 15) is 14.7 Å². The molecule has 1 aliphatic heterocycles. The zero-order valence-corrected chi connectivity index (χ0v) is 22.4. The van der Waals surface area contributed by atoms with Crippen LogP contribution in [-0.4, -0.2) is 41.5 Å². The van der Waals surface area contributed by atoms with E-state index in [0.29, 0.717) is 35.0 Å². The van der Waals surface area contributed by atoms with Crippen molar-refractivity contribution in [1.29, 1.82) is 0 Å². The minimum absolute atomic E-state index is 0.00638. The summed E-state index contributed by atoms with van der Waals surface area (Å²) in [4.78, 5) is 28.3. The smallest absolute Gasteiger partial charge is 0.295 e. The molecule has 1 saturated heterocycles. The fourth-order valence-corrected chi connectivity index (χ4v) is 4.66. The first-order valence-electron chi connectivity index (χ1n) is 12.7. The lowest BCUT2D eigenvalue weighted by atomic mass is 9.94. The predicted molar refractivity (Wildman–Crippen MR) is 145 cm³/mol. The summed E-state index contributed by atoms with van der Waals surface area (Å²) in [5.41, 5.74) is 2.71. The zero-order valence-electron chi connectivity index (χ0n) is 22.4. The average Bonchev–Trinajstić information content (AvgIpc) is 3.15. The van der Waals surface area contributed by atoms with Crippen LogP contribution in [0, 0.1) is 6.92 Å². The van der Waals surface area contributed by atoms with Crippen LogP contribution in [0.4, 0.5) is 0 Å². The van der Waals surface area contributed by atoms with Gasteiger partial charge in [0.2, 0.25) is 0 Å². The van der Waals surface area contributed by atoms with Crippen LogP contribution < -0.4 is 14.2 Å². The van der Waals surface area contributed by atoms with Gasteiger partial charge in [0.1, 0.15) is 23.0 Å². The lowest BCUT2D eigenvalue weighted by molar-refractivity contribution is -0.140. The molecule has 4 rings (SSSR count). The van der Waals surface area contributed by atoms with Gasteiger partial charge >= 0.3 is 0 Å². The summed E-state index contributed by atoms with van der Waals surface area (Å²) < 4.78 is 16.9. The number of carbonyl (C=O) groups is 2. The first kappa shape index (κ1) is 26.8. The quantitative estimate of drug-likeness (QED) is 0.220. The highest BCUT2D eigenvalue weighted by Crippen LogP contribution is 2.41. The molecule has 1 atom stereocenters. The van der Waals surface area contributed by atoms with Crippen LogP contribution in [0.3, 0.4) is 0 Å². The predicted octanol–water partition coefficient (Wildman–Crippen LogP) is 5.81. The number of likely N-dealkylation sites (tertiary alicyclic amines) is 1. The maximum atomic E-state index is 13.4. The number of para-hydroxylation sites is 1. The summed E-state index contributed by atoms with van der Waals surface area (Å²) in [6, 6.07) is 19.0. The number of aliphatic hydroxyl groups excluding tert-OH is 1. The number of hydrogen-bond donors (Lipinski definition) is 1. The van der Waals surface area contributed by atoms with Gasteiger partial charge < -0.3 is 24.2 Å². The molecular weight excluding hydrogens is 482 g/mol. The molecule has 1 unspecified atom stereocenters. The van der Waals surface area contributed by atoms with Crippen molar-refractivity contribution in [2.24, 2.45) is 0 Å². The van der Waals surface area contributed by atoms with Crippen LogP contribution in [0.5, 0.6) is 17.2 Å². The third-order valence-electron chi connectivity index (χ3n) is 6.39. The zero-order chi connectivity index (χ0) is 27.4. The monoisotopic (exact) mass is 515 g/mol. The Morgan fingerprint density at radius 1 is 1.00 bits per heavy atom. The van der Waals surface area contributed by atoms with E-state index in [1.165, 1.54) is 4.90 Å². The van der Waals surface area contributed by atoms with Gasteiger partial charge in [0.25, 0.3) is 11.7 Å². The van der Waals surface area contributed by atoms with Gasteiger partial charge in [-0.2, -0.15) is 0 Å². The molecule has 0 bridgehead atoms. The summed E-state index contributed by atoms with van der Waals surface area (Å²) in [6.07, 6.45) is -0.00638. The number of amides is 1. The molecule has 0 radical (unpaired) electrons. The molecule has 0 aromatic heterocycles. The van der Waals surface area contributed by atoms with Gasteiger partial charge in [-0.05, 0) is 75.2 Å². The molecule has 1 N–H and O–H groups in total. The number of carbonyl (C=O) groups excluding carboxylic acids is 2. The number of ether oxygens (including phenoxy) is 3. The molecule has 7 heteroatoms. The van der Waals surface area contributed by atoms with Crippen LogP contribution in [0.25, 0.3) is 5.76 Å². The molecule has 1 heterocycles. The van der Waals surface area contributed by atoms with Gasteiger partial charge in [-0.25, -0.2) is 0 Å². The number of hydrogen-bond acceptors (Lipinski definition) is 6. The topological polar surface area (TPSA) is 85.3 Å². The molecule has 3 aromatic rings. The normalized spacial score (nSPS) is 16.7. The number of benzene rings is 3. The Bertz CT molecular complexity index is 1360. The largest absolute Gasteiger partial charge is 0.507 e. The highest BCUT2D eigenvalue weighted by atomic mass is 16.5. The van der Waals surface area contributed by atoms with E-state index < -0.39 is 17.7 Å². The lowest BCUT2D eigenvalue weighted by Crippen LogP contribution is -2.29. The minimum atomic E-state index is -0.803. The van der Waals surface area contributed by atoms with Crippen molar-refractivity contribution in [2.75, 3.05) is 13.7 Å². The molecule has 0 spiro atoms. The van der Waals surface area contributed by atoms with E-state index in [0.717, 1.165) is 11.1 Å². The molecular formula is C31H33NO6. The summed E-state index contributed by atoms with van der Waals surface area (Å²) in [5, 5.41) is 11.5. The van der Waals surface area contributed by atoms with Crippen molar-refractivity contribution >= 4 is 17.4 Å². The lowest BCUT2D eigenvalue weighted by Gasteiger charge is -2.26. The van der Waals surface area contributed by atoms with Gasteiger partial charge in [0.05, 0.1) is 38.0 Å². The number of aliphatic hydroxyl groups is 1. The van der Waals surface area contributed by atoms with E-state index in [2.05, 4.69) is 0 Å². The third kappa shape index (κ3) is 5.37. The number of methoxy groups -OCH3 is 1. The fraction of sp³-hybridized carbons (Fsp3) is 0.290. The van der Waals surface area contributed by atoms with Gasteiger partial charge in [-0.15, -0.1) is 0 Å². The molecule has 198 valence electrons. The number of ketones is 1. The van der Waals surface area contributed by atoms with Crippen molar-refractivity contribution in [3.05, 3.63) is 94.6 Å². The Morgan fingerprint density at radius 2 is 1.71 bits per heavy atom. The Morgan fingerprint density at radius 3 is 2.34 bits per heavy atom. The SMILES string of the molecule is CCOc1ccc(C2/C(=C(/O)c3ccc(OC(C)C)c(C)c3)C(=O)C(=O)N2Cc2ccccc2OC)cc1. The van der Waals surface area contributed by atoms with Crippen molar-refractivity contribution < 1.29 is 28.9 Å². The molecule has 0 saturated carbocycles. The van der Waals surface area contributed by atoms with Gasteiger partial charge in [-0.3, -0.25) is 9.59 Å². The molecule has 3 aromatic carbocycles. The van der Waals surface area contributed by atoms with E-state index in [1.54, 1.807) is 43.5 Å². The molecule has 7 nitrogen and oxygen atoms in total. The maximum absolute atomic E-state index is 13.4. The highest BCUT2D eigenvalue weighted by Gasteiger charge is 2.46. The Balaban J connectivity index is 1.83. The maximum Gasteiger partial charge on any atom is 0.295 e.